The summed E-state index contributed by atoms with van der Waals surface area (Å²) in [6.45, 7) is 0. The second kappa shape index (κ2) is 6.22. The van der Waals surface area contributed by atoms with Gasteiger partial charge < -0.3 is 9.47 Å². The largest absolute Gasteiger partial charge is 0.497 e. The van der Waals surface area contributed by atoms with Gasteiger partial charge in [0, 0.05) is 7.11 Å². The van der Waals surface area contributed by atoms with Crippen LogP contribution in [0.1, 0.15) is 12.0 Å². The first kappa shape index (κ1) is 12.7. The van der Waals surface area contributed by atoms with E-state index >= 15 is 0 Å². The maximum atomic E-state index is 5.33. The zero-order chi connectivity index (χ0) is 12.8. The van der Waals surface area contributed by atoms with Crippen LogP contribution in [0.5, 0.6) is 5.75 Å². The van der Waals surface area contributed by atoms with Crippen LogP contribution in [-0.4, -0.2) is 20.3 Å². The highest BCUT2D eigenvalue weighted by molar-refractivity contribution is 5.56. The Morgan fingerprint density at radius 2 is 1.89 bits per heavy atom. The fraction of sp³-hybridized carbons (Fsp3) is 0.250. The Labute approximate surface area is 108 Å². The third kappa shape index (κ3) is 3.34. The fourth-order valence-corrected chi connectivity index (χ4v) is 1.86. The van der Waals surface area contributed by atoms with E-state index in [1.54, 1.807) is 14.2 Å². The van der Waals surface area contributed by atoms with Crippen molar-refractivity contribution in [3.63, 3.8) is 0 Å². The number of allylic oxidation sites excluding steroid dienone is 3. The Bertz CT molecular complexity index is 466. The third-order valence-corrected chi connectivity index (χ3v) is 2.94. The second-order valence-corrected chi connectivity index (χ2v) is 4.19. The molecule has 18 heavy (non-hydrogen) atoms. The molecule has 1 aromatic carbocycles. The molecule has 0 saturated heterocycles. The van der Waals surface area contributed by atoms with Crippen LogP contribution in [0.25, 0.3) is 6.08 Å². The highest BCUT2D eigenvalue weighted by Gasteiger charge is 2.05. The molecule has 0 N–H and O–H groups in total. The summed E-state index contributed by atoms with van der Waals surface area (Å²) >= 11 is 0. The lowest BCUT2D eigenvalue weighted by Gasteiger charge is -2.13. The van der Waals surface area contributed by atoms with Crippen molar-refractivity contribution in [2.75, 3.05) is 14.2 Å². The first-order chi connectivity index (χ1) is 8.81. The predicted molar refractivity (Wildman–Crippen MR) is 74.7 cm³/mol. The van der Waals surface area contributed by atoms with Crippen molar-refractivity contribution in [2.24, 2.45) is 0 Å². The van der Waals surface area contributed by atoms with Gasteiger partial charge in [0.05, 0.1) is 13.2 Å². The Morgan fingerprint density at radius 1 is 1.11 bits per heavy atom. The fourth-order valence-electron chi connectivity index (χ4n) is 1.86. The molecule has 0 aliphatic heterocycles. The van der Waals surface area contributed by atoms with E-state index in [4.69, 9.17) is 9.47 Å². The highest BCUT2D eigenvalue weighted by atomic mass is 16.5. The van der Waals surface area contributed by atoms with E-state index in [9.17, 15) is 0 Å². The molecule has 0 fully saturated rings. The monoisotopic (exact) mass is 242 g/mol. The zero-order valence-corrected chi connectivity index (χ0v) is 10.8. The number of benzene rings is 1. The van der Waals surface area contributed by atoms with Crippen molar-refractivity contribution in [1.82, 2.24) is 0 Å². The summed E-state index contributed by atoms with van der Waals surface area (Å²) in [7, 11) is 3.42. The molecule has 1 aliphatic carbocycles. The molecule has 1 atom stereocenters. The van der Waals surface area contributed by atoms with Gasteiger partial charge in [-0.2, -0.15) is 0 Å². The molecular formula is C16H18O2. The van der Waals surface area contributed by atoms with Gasteiger partial charge in [-0.25, -0.2) is 0 Å². The van der Waals surface area contributed by atoms with Gasteiger partial charge >= 0.3 is 0 Å². The molecule has 0 bridgehead atoms. The maximum absolute atomic E-state index is 5.33. The van der Waals surface area contributed by atoms with E-state index < -0.39 is 0 Å². The number of methoxy groups -OCH3 is 2. The molecule has 94 valence electrons. The van der Waals surface area contributed by atoms with E-state index in [2.05, 4.69) is 30.4 Å². The Balaban J connectivity index is 2.05. The van der Waals surface area contributed by atoms with Crippen molar-refractivity contribution in [3.8, 4) is 5.75 Å². The average Bonchev–Trinajstić information content (AvgIpc) is 2.46. The molecule has 0 radical (unpaired) electrons. The molecule has 0 heterocycles. The van der Waals surface area contributed by atoms with Crippen LogP contribution in [0.15, 0.2) is 54.1 Å². The molecule has 1 aliphatic rings. The van der Waals surface area contributed by atoms with E-state index in [0.29, 0.717) is 0 Å². The van der Waals surface area contributed by atoms with Gasteiger partial charge in [-0.3, -0.25) is 0 Å². The van der Waals surface area contributed by atoms with Crippen molar-refractivity contribution in [2.45, 2.75) is 12.5 Å². The average molecular weight is 242 g/mol. The minimum atomic E-state index is 0.200. The third-order valence-electron chi connectivity index (χ3n) is 2.94. The number of rotatable bonds is 4. The molecule has 0 amide bonds. The van der Waals surface area contributed by atoms with Crippen LogP contribution < -0.4 is 4.74 Å². The smallest absolute Gasteiger partial charge is 0.118 e. The number of ether oxygens (including phenoxy) is 2. The topological polar surface area (TPSA) is 18.5 Å². The van der Waals surface area contributed by atoms with Crippen LogP contribution in [0, 0.1) is 0 Å². The van der Waals surface area contributed by atoms with Gasteiger partial charge in [0.2, 0.25) is 0 Å². The van der Waals surface area contributed by atoms with Crippen molar-refractivity contribution in [3.05, 3.63) is 59.7 Å². The van der Waals surface area contributed by atoms with Crippen LogP contribution in [-0.2, 0) is 4.74 Å². The first-order valence-electron chi connectivity index (χ1n) is 6.05. The van der Waals surface area contributed by atoms with Gasteiger partial charge in [0.1, 0.15) is 5.75 Å². The lowest BCUT2D eigenvalue weighted by molar-refractivity contribution is 0.142. The lowest BCUT2D eigenvalue weighted by Crippen LogP contribution is -2.08. The molecular weight excluding hydrogens is 224 g/mol. The first-order valence-corrected chi connectivity index (χ1v) is 6.05. The van der Waals surface area contributed by atoms with E-state index in [1.807, 2.05) is 24.3 Å². The molecule has 1 aromatic rings. The molecule has 0 spiro atoms. The van der Waals surface area contributed by atoms with Crippen molar-refractivity contribution >= 4 is 6.08 Å². The summed E-state index contributed by atoms with van der Waals surface area (Å²) < 4.78 is 10.5. The molecule has 2 rings (SSSR count). The number of hydrogen-bond acceptors (Lipinski definition) is 2. The maximum Gasteiger partial charge on any atom is 0.118 e. The molecule has 1 unspecified atom stereocenters. The van der Waals surface area contributed by atoms with Crippen molar-refractivity contribution < 1.29 is 9.47 Å². The molecule has 0 aromatic heterocycles. The molecule has 2 nitrogen and oxygen atoms in total. The van der Waals surface area contributed by atoms with Gasteiger partial charge in [-0.15, -0.1) is 0 Å². The summed E-state index contributed by atoms with van der Waals surface area (Å²) in [5, 5.41) is 0. The number of hydrogen-bond donors (Lipinski definition) is 0. The Kier molecular flexibility index (Phi) is 4.37. The standard InChI is InChI=1S/C16H18O2/c1-17-15-10-8-13(9-11-15)6-7-14-4-3-5-16(12-14)18-2/h3-4,6-12,16H,5H2,1-2H3/b7-6+. The predicted octanol–water partition coefficient (Wildman–Crippen LogP) is 3.61. The summed E-state index contributed by atoms with van der Waals surface area (Å²) in [5.74, 6) is 0.878. The van der Waals surface area contributed by atoms with Crippen LogP contribution in [0.2, 0.25) is 0 Å². The van der Waals surface area contributed by atoms with E-state index in [-0.39, 0.29) is 6.10 Å². The van der Waals surface area contributed by atoms with Crippen LogP contribution >= 0.6 is 0 Å². The summed E-state index contributed by atoms with van der Waals surface area (Å²) in [6.07, 6.45) is 11.7. The minimum absolute atomic E-state index is 0.200. The Morgan fingerprint density at radius 3 is 2.56 bits per heavy atom. The molecule has 0 saturated carbocycles. The summed E-state index contributed by atoms with van der Waals surface area (Å²) in [6, 6.07) is 8.00. The Hall–Kier alpha value is -1.80. The lowest BCUT2D eigenvalue weighted by atomic mass is 10.0. The second-order valence-electron chi connectivity index (χ2n) is 4.19. The zero-order valence-electron chi connectivity index (χ0n) is 10.8. The normalized spacial score (nSPS) is 19.0. The van der Waals surface area contributed by atoms with Gasteiger partial charge in [0.15, 0.2) is 0 Å². The van der Waals surface area contributed by atoms with E-state index in [1.165, 1.54) is 5.57 Å². The van der Waals surface area contributed by atoms with Crippen LogP contribution in [0.4, 0.5) is 0 Å². The SMILES string of the molecule is COc1ccc(/C=C/C2=CC(OC)CC=C2)cc1. The van der Waals surface area contributed by atoms with E-state index in [0.717, 1.165) is 17.7 Å². The van der Waals surface area contributed by atoms with Gasteiger partial charge in [0.25, 0.3) is 0 Å². The van der Waals surface area contributed by atoms with Gasteiger partial charge in [-0.1, -0.05) is 36.4 Å². The molecule has 2 heteroatoms. The minimum Gasteiger partial charge on any atom is -0.497 e. The quantitative estimate of drug-likeness (QED) is 0.803. The summed E-state index contributed by atoms with van der Waals surface area (Å²) in [4.78, 5) is 0. The highest BCUT2D eigenvalue weighted by Crippen LogP contribution is 2.17. The van der Waals surface area contributed by atoms with Crippen molar-refractivity contribution in [1.29, 1.82) is 0 Å². The van der Waals surface area contributed by atoms with Gasteiger partial charge in [-0.05, 0) is 35.8 Å². The summed E-state index contributed by atoms with van der Waals surface area (Å²) in [5.41, 5.74) is 2.34. The van der Waals surface area contributed by atoms with Crippen LogP contribution in [0.3, 0.4) is 0 Å².